The van der Waals surface area contributed by atoms with Crippen molar-refractivity contribution in [3.8, 4) is 17.3 Å². The van der Waals surface area contributed by atoms with Crippen molar-refractivity contribution >= 4 is 11.6 Å². The molecule has 0 radical (unpaired) electrons. The van der Waals surface area contributed by atoms with E-state index in [1.807, 2.05) is 42.0 Å². The molecule has 3 rings (SSSR count). The van der Waals surface area contributed by atoms with Gasteiger partial charge in [-0.25, -0.2) is 4.98 Å². The number of benzene rings is 1. The van der Waals surface area contributed by atoms with E-state index >= 15 is 0 Å². The monoisotopic (exact) mass is 331 g/mol. The maximum atomic E-state index is 8.98. The molecule has 5 nitrogen and oxygen atoms in total. The van der Waals surface area contributed by atoms with Gasteiger partial charge in [0.1, 0.15) is 17.3 Å². The Morgan fingerprint density at radius 3 is 2.65 bits per heavy atom. The average molecular weight is 332 g/mol. The van der Waals surface area contributed by atoms with Gasteiger partial charge in [0, 0.05) is 36.0 Å². The number of hydrogen-bond acceptors (Lipinski definition) is 4. The lowest BCUT2D eigenvalue weighted by atomic mass is 10.1. The predicted molar refractivity (Wildman–Crippen MR) is 88.8 cm³/mol. The van der Waals surface area contributed by atoms with Crippen LogP contribution in [0, 0.1) is 6.92 Å². The lowest BCUT2D eigenvalue weighted by molar-refractivity contribution is 0.283. The first kappa shape index (κ1) is 15.8. The van der Waals surface area contributed by atoms with E-state index in [9.17, 15) is 0 Å². The Kier molecular flexibility index (Phi) is 4.79. The summed E-state index contributed by atoms with van der Waals surface area (Å²) in [7, 11) is 0. The zero-order chi connectivity index (χ0) is 16.2. The zero-order valence-corrected chi connectivity index (χ0v) is 13.6. The van der Waals surface area contributed by atoms with E-state index in [0.29, 0.717) is 11.0 Å². The summed E-state index contributed by atoms with van der Waals surface area (Å²) in [5.74, 6) is 1.62. The summed E-state index contributed by atoms with van der Waals surface area (Å²) in [4.78, 5) is 8.85. The van der Waals surface area contributed by atoms with E-state index in [1.54, 1.807) is 6.20 Å². The number of rotatable bonds is 6. The normalized spacial score (nSPS) is 11.1. The Hall–Kier alpha value is -2.11. The number of imidazole rings is 1. The van der Waals surface area contributed by atoms with Crippen LogP contribution in [0.25, 0.3) is 17.3 Å². The predicted octanol–water partition coefficient (Wildman–Crippen LogP) is 3.80. The summed E-state index contributed by atoms with van der Waals surface area (Å²) >= 11 is 5.96. The fraction of sp³-hybridized carbons (Fsp3) is 0.294. The van der Waals surface area contributed by atoms with Gasteiger partial charge in [0.05, 0.1) is 0 Å². The van der Waals surface area contributed by atoms with Crippen molar-refractivity contribution < 1.29 is 9.52 Å². The third kappa shape index (κ3) is 3.46. The van der Waals surface area contributed by atoms with Crippen molar-refractivity contribution in [2.75, 3.05) is 6.61 Å². The largest absolute Gasteiger partial charge is 0.427 e. The molecule has 0 amide bonds. The van der Waals surface area contributed by atoms with Crippen LogP contribution in [0.2, 0.25) is 5.02 Å². The van der Waals surface area contributed by atoms with E-state index in [0.717, 1.165) is 42.1 Å². The quantitative estimate of drug-likeness (QED) is 0.698. The lowest BCUT2D eigenvalue weighted by Crippen LogP contribution is -1.95. The van der Waals surface area contributed by atoms with Gasteiger partial charge < -0.3 is 9.52 Å². The topological polar surface area (TPSA) is 64.1 Å². The van der Waals surface area contributed by atoms with E-state index < -0.39 is 0 Å². The minimum Gasteiger partial charge on any atom is -0.427 e. The second-order valence-corrected chi connectivity index (χ2v) is 5.74. The molecule has 0 unspecified atom stereocenters. The number of hydrogen-bond donors (Lipinski definition) is 1. The van der Waals surface area contributed by atoms with Gasteiger partial charge in [0.15, 0.2) is 0 Å². The van der Waals surface area contributed by atoms with Crippen LogP contribution in [0.3, 0.4) is 0 Å². The number of halogens is 1. The standard InChI is InChI=1S/C17H18ClN3O2/c1-12-19-9-10-21(12)17-20-16(13-5-7-14(18)8-6-13)15(23-17)4-2-3-11-22/h5-10,22H,2-4,11H2,1H3. The molecule has 0 aliphatic carbocycles. The molecule has 23 heavy (non-hydrogen) atoms. The van der Waals surface area contributed by atoms with Crippen LogP contribution in [-0.2, 0) is 6.42 Å². The number of aryl methyl sites for hydroxylation is 2. The van der Waals surface area contributed by atoms with Crippen molar-refractivity contribution in [2.24, 2.45) is 0 Å². The van der Waals surface area contributed by atoms with Gasteiger partial charge in [-0.1, -0.05) is 23.7 Å². The van der Waals surface area contributed by atoms with Crippen LogP contribution in [0.1, 0.15) is 24.4 Å². The molecule has 0 spiro atoms. The lowest BCUT2D eigenvalue weighted by Gasteiger charge is -2.01. The van der Waals surface area contributed by atoms with Gasteiger partial charge in [-0.05, 0) is 31.9 Å². The smallest absolute Gasteiger partial charge is 0.307 e. The van der Waals surface area contributed by atoms with Crippen molar-refractivity contribution in [3.63, 3.8) is 0 Å². The number of aliphatic hydroxyl groups is 1. The molecule has 6 heteroatoms. The van der Waals surface area contributed by atoms with Gasteiger partial charge in [-0.2, -0.15) is 4.98 Å². The molecule has 2 aromatic heterocycles. The summed E-state index contributed by atoms with van der Waals surface area (Å²) in [5, 5.41) is 9.66. The highest BCUT2D eigenvalue weighted by molar-refractivity contribution is 6.30. The highest BCUT2D eigenvalue weighted by atomic mass is 35.5. The maximum Gasteiger partial charge on any atom is 0.307 e. The molecular formula is C17H18ClN3O2. The third-order valence-corrected chi connectivity index (χ3v) is 3.90. The molecule has 120 valence electrons. The van der Waals surface area contributed by atoms with Gasteiger partial charge in [-0.15, -0.1) is 0 Å². The second kappa shape index (κ2) is 6.98. The Bertz CT molecular complexity index is 777. The van der Waals surface area contributed by atoms with Crippen LogP contribution in [0.5, 0.6) is 0 Å². The van der Waals surface area contributed by atoms with Crippen LogP contribution >= 0.6 is 11.6 Å². The summed E-state index contributed by atoms with van der Waals surface area (Å²) in [5.41, 5.74) is 1.77. The number of oxazole rings is 1. The molecular weight excluding hydrogens is 314 g/mol. The molecule has 2 heterocycles. The van der Waals surface area contributed by atoms with Gasteiger partial charge >= 0.3 is 6.01 Å². The third-order valence-electron chi connectivity index (χ3n) is 3.65. The Balaban J connectivity index is 1.99. The van der Waals surface area contributed by atoms with E-state index in [-0.39, 0.29) is 6.61 Å². The number of nitrogens with zero attached hydrogens (tertiary/aromatic N) is 3. The van der Waals surface area contributed by atoms with Crippen LogP contribution < -0.4 is 0 Å². The number of aromatic nitrogens is 3. The van der Waals surface area contributed by atoms with Crippen molar-refractivity contribution in [1.82, 2.24) is 14.5 Å². The molecule has 0 aliphatic rings. The highest BCUT2D eigenvalue weighted by Crippen LogP contribution is 2.28. The second-order valence-electron chi connectivity index (χ2n) is 5.30. The van der Waals surface area contributed by atoms with Crippen molar-refractivity contribution in [2.45, 2.75) is 26.2 Å². The van der Waals surface area contributed by atoms with Crippen molar-refractivity contribution in [1.29, 1.82) is 0 Å². The van der Waals surface area contributed by atoms with Crippen molar-refractivity contribution in [3.05, 3.63) is 53.3 Å². The molecule has 0 fully saturated rings. The summed E-state index contributed by atoms with van der Waals surface area (Å²) in [6.45, 7) is 2.08. The average Bonchev–Trinajstić information content (AvgIpc) is 3.15. The zero-order valence-electron chi connectivity index (χ0n) is 12.9. The maximum absolute atomic E-state index is 8.98. The minimum atomic E-state index is 0.178. The first-order valence-electron chi connectivity index (χ1n) is 7.56. The highest BCUT2D eigenvalue weighted by Gasteiger charge is 2.17. The van der Waals surface area contributed by atoms with Crippen LogP contribution in [0.15, 0.2) is 41.1 Å². The summed E-state index contributed by atoms with van der Waals surface area (Å²) in [6, 6.07) is 8.04. The first-order valence-corrected chi connectivity index (χ1v) is 7.93. The summed E-state index contributed by atoms with van der Waals surface area (Å²) < 4.78 is 7.78. The van der Waals surface area contributed by atoms with Crippen LogP contribution in [0.4, 0.5) is 0 Å². The molecule has 1 N–H and O–H groups in total. The molecule has 3 aromatic rings. The first-order chi connectivity index (χ1) is 11.2. The van der Waals surface area contributed by atoms with Gasteiger partial charge in [0.2, 0.25) is 0 Å². The van der Waals surface area contributed by atoms with E-state index in [1.165, 1.54) is 0 Å². The minimum absolute atomic E-state index is 0.178. The molecule has 0 bridgehead atoms. The van der Waals surface area contributed by atoms with E-state index in [2.05, 4.69) is 9.97 Å². The SMILES string of the molecule is Cc1nccn1-c1nc(-c2ccc(Cl)cc2)c(CCCCO)o1. The molecule has 0 saturated heterocycles. The molecule has 0 atom stereocenters. The molecule has 1 aromatic carbocycles. The number of aliphatic hydroxyl groups excluding tert-OH is 1. The molecule has 0 aliphatic heterocycles. The Morgan fingerprint density at radius 2 is 2.00 bits per heavy atom. The van der Waals surface area contributed by atoms with E-state index in [4.69, 9.17) is 21.1 Å². The Morgan fingerprint density at radius 1 is 1.22 bits per heavy atom. The van der Waals surface area contributed by atoms with Gasteiger partial charge in [0.25, 0.3) is 0 Å². The number of unbranched alkanes of at least 4 members (excludes halogenated alkanes) is 1. The Labute approximate surface area is 139 Å². The fourth-order valence-electron chi connectivity index (χ4n) is 2.42. The van der Waals surface area contributed by atoms with Gasteiger partial charge in [-0.3, -0.25) is 4.57 Å². The fourth-order valence-corrected chi connectivity index (χ4v) is 2.55. The molecule has 0 saturated carbocycles. The summed E-state index contributed by atoms with van der Waals surface area (Å²) in [6.07, 6.45) is 5.84. The van der Waals surface area contributed by atoms with Crippen LogP contribution in [-0.4, -0.2) is 26.2 Å².